The fourth-order valence-corrected chi connectivity index (χ4v) is 1.35. The summed E-state index contributed by atoms with van der Waals surface area (Å²) in [6.45, 7) is 6.07. The molecule has 1 aromatic rings. The molecule has 0 amide bonds. The van der Waals surface area contributed by atoms with Gasteiger partial charge in [-0.2, -0.15) is 0 Å². The zero-order valence-corrected chi connectivity index (χ0v) is 10.0. The van der Waals surface area contributed by atoms with Crippen molar-refractivity contribution in [3.8, 4) is 5.75 Å². The van der Waals surface area contributed by atoms with Crippen LogP contribution < -0.4 is 4.74 Å². The lowest BCUT2D eigenvalue weighted by Gasteiger charge is -2.09. The zero-order valence-electron chi connectivity index (χ0n) is 9.25. The van der Waals surface area contributed by atoms with Crippen LogP contribution in [0.1, 0.15) is 18.9 Å². The van der Waals surface area contributed by atoms with Crippen molar-refractivity contribution >= 4 is 11.6 Å². The van der Waals surface area contributed by atoms with E-state index in [4.69, 9.17) is 21.1 Å². The van der Waals surface area contributed by atoms with Crippen LogP contribution in [0.3, 0.4) is 0 Å². The summed E-state index contributed by atoms with van der Waals surface area (Å²) in [7, 11) is 0. The van der Waals surface area contributed by atoms with Crippen molar-refractivity contribution in [2.24, 2.45) is 0 Å². The SMILES string of the molecule is CCCOCCOc1cc(Cl)ccc1C. The maximum absolute atomic E-state index is 5.87. The number of aryl methyl sites for hydroxylation is 1. The van der Waals surface area contributed by atoms with Crippen molar-refractivity contribution in [1.29, 1.82) is 0 Å². The molecule has 0 aliphatic heterocycles. The minimum absolute atomic E-state index is 0.571. The van der Waals surface area contributed by atoms with Crippen molar-refractivity contribution in [2.75, 3.05) is 19.8 Å². The van der Waals surface area contributed by atoms with E-state index in [2.05, 4.69) is 6.92 Å². The Balaban J connectivity index is 2.33. The van der Waals surface area contributed by atoms with Crippen molar-refractivity contribution in [3.63, 3.8) is 0 Å². The van der Waals surface area contributed by atoms with Crippen LogP contribution in [0.4, 0.5) is 0 Å². The van der Waals surface area contributed by atoms with E-state index >= 15 is 0 Å². The average Bonchev–Trinajstić information content (AvgIpc) is 2.23. The van der Waals surface area contributed by atoms with Gasteiger partial charge in [0.25, 0.3) is 0 Å². The maximum Gasteiger partial charge on any atom is 0.123 e. The first-order chi connectivity index (χ1) is 7.24. The molecule has 0 bridgehead atoms. The maximum atomic E-state index is 5.87. The molecular formula is C12H17ClO2. The molecule has 84 valence electrons. The summed E-state index contributed by atoms with van der Waals surface area (Å²) >= 11 is 5.87. The first kappa shape index (κ1) is 12.3. The van der Waals surface area contributed by atoms with E-state index in [1.54, 1.807) is 0 Å². The largest absolute Gasteiger partial charge is 0.491 e. The topological polar surface area (TPSA) is 18.5 Å². The van der Waals surface area contributed by atoms with Gasteiger partial charge in [0.1, 0.15) is 12.4 Å². The number of benzene rings is 1. The van der Waals surface area contributed by atoms with Gasteiger partial charge in [-0.15, -0.1) is 0 Å². The number of rotatable bonds is 6. The highest BCUT2D eigenvalue weighted by Crippen LogP contribution is 2.22. The first-order valence-corrected chi connectivity index (χ1v) is 5.58. The van der Waals surface area contributed by atoms with Crippen LogP contribution in [0.2, 0.25) is 5.02 Å². The Morgan fingerprint density at radius 1 is 1.20 bits per heavy atom. The zero-order chi connectivity index (χ0) is 11.1. The molecule has 0 fully saturated rings. The fourth-order valence-electron chi connectivity index (χ4n) is 1.19. The molecule has 15 heavy (non-hydrogen) atoms. The third kappa shape index (κ3) is 4.54. The van der Waals surface area contributed by atoms with Gasteiger partial charge >= 0.3 is 0 Å². The third-order valence-corrected chi connectivity index (χ3v) is 2.22. The summed E-state index contributed by atoms with van der Waals surface area (Å²) in [5.74, 6) is 0.836. The van der Waals surface area contributed by atoms with E-state index in [9.17, 15) is 0 Å². The Morgan fingerprint density at radius 3 is 2.73 bits per heavy atom. The van der Waals surface area contributed by atoms with Crippen LogP contribution >= 0.6 is 11.6 Å². The van der Waals surface area contributed by atoms with Crippen LogP contribution in [-0.4, -0.2) is 19.8 Å². The van der Waals surface area contributed by atoms with Crippen LogP contribution in [0, 0.1) is 6.92 Å². The first-order valence-electron chi connectivity index (χ1n) is 5.20. The number of hydrogen-bond acceptors (Lipinski definition) is 2. The lowest BCUT2D eigenvalue weighted by Crippen LogP contribution is -2.07. The van der Waals surface area contributed by atoms with Crippen molar-refractivity contribution in [3.05, 3.63) is 28.8 Å². The predicted octanol–water partition coefficient (Wildman–Crippen LogP) is 3.45. The summed E-state index contributed by atoms with van der Waals surface area (Å²) in [4.78, 5) is 0. The molecule has 0 heterocycles. The highest BCUT2D eigenvalue weighted by Gasteiger charge is 1.99. The van der Waals surface area contributed by atoms with Crippen LogP contribution in [-0.2, 0) is 4.74 Å². The van der Waals surface area contributed by atoms with Gasteiger partial charge in [0, 0.05) is 11.6 Å². The average molecular weight is 229 g/mol. The fraction of sp³-hybridized carbons (Fsp3) is 0.500. The normalized spacial score (nSPS) is 10.3. The molecule has 0 spiro atoms. The molecule has 1 aromatic carbocycles. The standard InChI is InChI=1S/C12H17ClO2/c1-3-6-14-7-8-15-12-9-11(13)5-4-10(12)2/h4-5,9H,3,6-8H2,1-2H3. The minimum atomic E-state index is 0.571. The Labute approximate surface area is 96.2 Å². The quantitative estimate of drug-likeness (QED) is 0.695. The van der Waals surface area contributed by atoms with Crippen molar-refractivity contribution < 1.29 is 9.47 Å². The summed E-state index contributed by atoms with van der Waals surface area (Å²) in [6.07, 6.45) is 1.04. The minimum Gasteiger partial charge on any atom is -0.491 e. The van der Waals surface area contributed by atoms with Gasteiger partial charge in [-0.1, -0.05) is 24.6 Å². The Bertz CT molecular complexity index is 300. The monoisotopic (exact) mass is 228 g/mol. The van der Waals surface area contributed by atoms with Gasteiger partial charge < -0.3 is 9.47 Å². The molecule has 0 aliphatic rings. The van der Waals surface area contributed by atoms with Crippen LogP contribution in [0.5, 0.6) is 5.75 Å². The molecule has 2 nitrogen and oxygen atoms in total. The number of hydrogen-bond donors (Lipinski definition) is 0. The van der Waals surface area contributed by atoms with Gasteiger partial charge in [0.05, 0.1) is 6.61 Å². The van der Waals surface area contributed by atoms with Gasteiger partial charge in [0.2, 0.25) is 0 Å². The summed E-state index contributed by atoms with van der Waals surface area (Å²) < 4.78 is 10.9. The van der Waals surface area contributed by atoms with E-state index in [0.717, 1.165) is 24.3 Å². The molecule has 0 aliphatic carbocycles. The van der Waals surface area contributed by atoms with E-state index in [1.807, 2.05) is 25.1 Å². The van der Waals surface area contributed by atoms with Gasteiger partial charge in [-0.3, -0.25) is 0 Å². The van der Waals surface area contributed by atoms with E-state index in [-0.39, 0.29) is 0 Å². The second-order valence-electron chi connectivity index (χ2n) is 3.37. The van der Waals surface area contributed by atoms with E-state index in [1.165, 1.54) is 0 Å². The Kier molecular flexibility index (Phi) is 5.51. The highest BCUT2D eigenvalue weighted by atomic mass is 35.5. The molecule has 3 heteroatoms. The molecule has 0 atom stereocenters. The lowest BCUT2D eigenvalue weighted by molar-refractivity contribution is 0.100. The molecule has 0 radical (unpaired) electrons. The molecule has 0 aromatic heterocycles. The third-order valence-electron chi connectivity index (χ3n) is 1.98. The highest BCUT2D eigenvalue weighted by molar-refractivity contribution is 6.30. The van der Waals surface area contributed by atoms with Crippen LogP contribution in [0.15, 0.2) is 18.2 Å². The predicted molar refractivity (Wildman–Crippen MR) is 62.8 cm³/mol. The van der Waals surface area contributed by atoms with Gasteiger partial charge in [-0.25, -0.2) is 0 Å². The molecule has 0 unspecified atom stereocenters. The molecule has 0 saturated carbocycles. The summed E-state index contributed by atoms with van der Waals surface area (Å²) in [5.41, 5.74) is 1.09. The number of halogens is 1. The second-order valence-corrected chi connectivity index (χ2v) is 3.81. The van der Waals surface area contributed by atoms with E-state index < -0.39 is 0 Å². The molecular weight excluding hydrogens is 212 g/mol. The van der Waals surface area contributed by atoms with Crippen molar-refractivity contribution in [1.82, 2.24) is 0 Å². The lowest BCUT2D eigenvalue weighted by atomic mass is 10.2. The van der Waals surface area contributed by atoms with E-state index in [0.29, 0.717) is 18.2 Å². The second kappa shape index (κ2) is 6.70. The Hall–Kier alpha value is -0.730. The van der Waals surface area contributed by atoms with Gasteiger partial charge in [-0.05, 0) is 31.0 Å². The van der Waals surface area contributed by atoms with Gasteiger partial charge in [0.15, 0.2) is 0 Å². The molecule has 0 N–H and O–H groups in total. The molecule has 1 rings (SSSR count). The van der Waals surface area contributed by atoms with Crippen molar-refractivity contribution in [2.45, 2.75) is 20.3 Å². The smallest absolute Gasteiger partial charge is 0.123 e. The summed E-state index contributed by atoms with van der Waals surface area (Å²) in [5, 5.41) is 0.699. The summed E-state index contributed by atoms with van der Waals surface area (Å²) in [6, 6.07) is 5.64. The number of ether oxygens (including phenoxy) is 2. The van der Waals surface area contributed by atoms with Crippen LogP contribution in [0.25, 0.3) is 0 Å². The Morgan fingerprint density at radius 2 is 2.00 bits per heavy atom. The molecule has 0 saturated heterocycles.